The van der Waals surface area contributed by atoms with Crippen LogP contribution >= 0.6 is 0 Å². The van der Waals surface area contributed by atoms with E-state index < -0.39 is 10.8 Å². The molecule has 0 aliphatic rings. The average molecular weight is 221 g/mol. The highest BCUT2D eigenvalue weighted by atomic mass is 32.2. The van der Waals surface area contributed by atoms with Crippen molar-refractivity contribution in [3.63, 3.8) is 0 Å². The molecular formula is C12H15NOS. The molecule has 0 heterocycles. The summed E-state index contributed by atoms with van der Waals surface area (Å²) < 4.78 is 10.7. The molecule has 0 aliphatic heterocycles. The van der Waals surface area contributed by atoms with E-state index in [2.05, 4.69) is 17.2 Å². The van der Waals surface area contributed by atoms with Crippen molar-refractivity contribution >= 4 is 10.8 Å². The molecule has 15 heavy (non-hydrogen) atoms. The van der Waals surface area contributed by atoms with Gasteiger partial charge in [-0.15, -0.1) is 0 Å². The molecule has 0 aromatic heterocycles. The third-order valence-corrected chi connectivity index (χ3v) is 2.57. The Labute approximate surface area is 93.5 Å². The average Bonchev–Trinajstić information content (AvgIpc) is 2.24. The highest BCUT2D eigenvalue weighted by Gasteiger charge is 1.88. The zero-order chi connectivity index (χ0) is 10.9. The fraction of sp³-hybridized carbons (Fsp3) is 0.333. The Morgan fingerprint density at radius 2 is 2.07 bits per heavy atom. The maximum atomic E-state index is 10.7. The smallest absolute Gasteiger partial charge is 0.0580 e. The SMILES string of the molecule is CS(=O)CCNCC#Cc1ccccc1. The Hall–Kier alpha value is -1.11. The highest BCUT2D eigenvalue weighted by Crippen LogP contribution is 1.93. The van der Waals surface area contributed by atoms with Gasteiger partial charge in [-0.2, -0.15) is 0 Å². The van der Waals surface area contributed by atoms with Gasteiger partial charge in [0.05, 0.1) is 6.54 Å². The van der Waals surface area contributed by atoms with Crippen LogP contribution < -0.4 is 5.32 Å². The van der Waals surface area contributed by atoms with E-state index in [-0.39, 0.29) is 0 Å². The molecule has 0 radical (unpaired) electrons. The predicted molar refractivity (Wildman–Crippen MR) is 65.1 cm³/mol. The van der Waals surface area contributed by atoms with Crippen molar-refractivity contribution < 1.29 is 4.21 Å². The van der Waals surface area contributed by atoms with Crippen molar-refractivity contribution in [3.05, 3.63) is 35.9 Å². The molecule has 1 aromatic carbocycles. The van der Waals surface area contributed by atoms with Crippen LogP contribution in [0, 0.1) is 11.8 Å². The van der Waals surface area contributed by atoms with E-state index in [1.807, 2.05) is 30.3 Å². The van der Waals surface area contributed by atoms with Crippen molar-refractivity contribution in [1.82, 2.24) is 5.32 Å². The van der Waals surface area contributed by atoms with Crippen molar-refractivity contribution in [2.45, 2.75) is 0 Å². The van der Waals surface area contributed by atoms with Gasteiger partial charge in [0.15, 0.2) is 0 Å². The summed E-state index contributed by atoms with van der Waals surface area (Å²) in [4.78, 5) is 0. The summed E-state index contributed by atoms with van der Waals surface area (Å²) in [5.41, 5.74) is 1.03. The van der Waals surface area contributed by atoms with E-state index >= 15 is 0 Å². The maximum Gasteiger partial charge on any atom is 0.0580 e. The van der Waals surface area contributed by atoms with Crippen LogP contribution in [-0.4, -0.2) is 29.3 Å². The Balaban J connectivity index is 2.20. The van der Waals surface area contributed by atoms with Crippen LogP contribution in [0.15, 0.2) is 30.3 Å². The van der Waals surface area contributed by atoms with Crippen LogP contribution in [0.4, 0.5) is 0 Å². The van der Waals surface area contributed by atoms with Gasteiger partial charge < -0.3 is 5.32 Å². The molecule has 0 spiro atoms. The number of benzene rings is 1. The number of hydrogen-bond acceptors (Lipinski definition) is 2. The summed E-state index contributed by atoms with van der Waals surface area (Å²) in [6.07, 6.45) is 1.71. The summed E-state index contributed by atoms with van der Waals surface area (Å²) >= 11 is 0. The summed E-state index contributed by atoms with van der Waals surface area (Å²) in [7, 11) is -0.718. The zero-order valence-electron chi connectivity index (χ0n) is 8.82. The monoisotopic (exact) mass is 221 g/mol. The molecule has 0 saturated heterocycles. The lowest BCUT2D eigenvalue weighted by Crippen LogP contribution is -2.20. The molecule has 2 nitrogen and oxygen atoms in total. The van der Waals surface area contributed by atoms with Gasteiger partial charge in [-0.1, -0.05) is 30.0 Å². The van der Waals surface area contributed by atoms with Crippen LogP contribution in [0.25, 0.3) is 0 Å². The van der Waals surface area contributed by atoms with E-state index in [1.54, 1.807) is 6.26 Å². The molecule has 1 unspecified atom stereocenters. The quantitative estimate of drug-likeness (QED) is 0.607. The molecule has 0 aliphatic carbocycles. The van der Waals surface area contributed by atoms with Crippen LogP contribution in [0.1, 0.15) is 5.56 Å². The third kappa shape index (κ3) is 6.05. The Kier molecular flexibility index (Phi) is 5.76. The van der Waals surface area contributed by atoms with Crippen molar-refractivity contribution in [3.8, 4) is 11.8 Å². The van der Waals surface area contributed by atoms with Crippen molar-refractivity contribution in [2.24, 2.45) is 0 Å². The van der Waals surface area contributed by atoms with Crippen molar-refractivity contribution in [1.29, 1.82) is 0 Å². The first-order valence-electron chi connectivity index (χ1n) is 4.83. The largest absolute Gasteiger partial charge is 0.305 e. The second kappa shape index (κ2) is 7.22. The van der Waals surface area contributed by atoms with Crippen molar-refractivity contribution in [2.75, 3.05) is 25.1 Å². The van der Waals surface area contributed by atoms with Gasteiger partial charge in [0, 0.05) is 34.9 Å². The van der Waals surface area contributed by atoms with Crippen LogP contribution in [-0.2, 0) is 10.8 Å². The fourth-order valence-electron chi connectivity index (χ4n) is 1.03. The molecule has 0 amide bonds. The lowest BCUT2D eigenvalue weighted by atomic mass is 10.2. The predicted octanol–water partition coefficient (Wildman–Crippen LogP) is 1.01. The molecular weight excluding hydrogens is 206 g/mol. The summed E-state index contributed by atoms with van der Waals surface area (Å²) in [5, 5.41) is 3.12. The molecule has 0 fully saturated rings. The summed E-state index contributed by atoms with van der Waals surface area (Å²) in [6.45, 7) is 1.40. The Morgan fingerprint density at radius 3 is 2.73 bits per heavy atom. The second-order valence-electron chi connectivity index (χ2n) is 3.12. The van der Waals surface area contributed by atoms with E-state index in [4.69, 9.17) is 0 Å². The maximum absolute atomic E-state index is 10.7. The first kappa shape index (κ1) is 12.0. The van der Waals surface area contributed by atoms with Gasteiger partial charge in [0.25, 0.3) is 0 Å². The second-order valence-corrected chi connectivity index (χ2v) is 4.68. The zero-order valence-corrected chi connectivity index (χ0v) is 9.64. The standard InChI is InChI=1S/C12H15NOS/c1-15(14)11-10-13-9-5-8-12-6-3-2-4-7-12/h2-4,6-7,13H,9-11H2,1H3. The van der Waals surface area contributed by atoms with Crippen LogP contribution in [0.5, 0.6) is 0 Å². The number of hydrogen-bond donors (Lipinski definition) is 1. The van der Waals surface area contributed by atoms with E-state index in [9.17, 15) is 4.21 Å². The van der Waals surface area contributed by atoms with Gasteiger partial charge in [-0.25, -0.2) is 0 Å². The topological polar surface area (TPSA) is 29.1 Å². The summed E-state index contributed by atoms with van der Waals surface area (Å²) in [6, 6.07) is 9.87. The van der Waals surface area contributed by atoms with Gasteiger partial charge in [0.1, 0.15) is 0 Å². The van der Waals surface area contributed by atoms with E-state index in [1.165, 1.54) is 0 Å². The first-order valence-corrected chi connectivity index (χ1v) is 6.56. The lowest BCUT2D eigenvalue weighted by molar-refractivity contribution is 0.682. The lowest BCUT2D eigenvalue weighted by Gasteiger charge is -1.96. The van der Waals surface area contributed by atoms with Gasteiger partial charge >= 0.3 is 0 Å². The van der Waals surface area contributed by atoms with Gasteiger partial charge in [-0.3, -0.25) is 4.21 Å². The van der Waals surface area contributed by atoms with E-state index in [0.29, 0.717) is 12.3 Å². The molecule has 0 bridgehead atoms. The summed E-state index contributed by atoms with van der Waals surface area (Å²) in [5.74, 6) is 6.75. The van der Waals surface area contributed by atoms with Crippen LogP contribution in [0.3, 0.4) is 0 Å². The molecule has 3 heteroatoms. The minimum absolute atomic E-state index is 0.645. The minimum atomic E-state index is -0.718. The highest BCUT2D eigenvalue weighted by molar-refractivity contribution is 7.84. The van der Waals surface area contributed by atoms with E-state index in [0.717, 1.165) is 12.1 Å². The third-order valence-electron chi connectivity index (χ3n) is 1.79. The molecule has 0 saturated carbocycles. The molecule has 1 aromatic rings. The fourth-order valence-corrected chi connectivity index (χ4v) is 1.47. The molecule has 1 N–H and O–H groups in total. The number of rotatable bonds is 4. The van der Waals surface area contributed by atoms with Gasteiger partial charge in [0.2, 0.25) is 0 Å². The number of nitrogens with one attached hydrogen (secondary N) is 1. The molecule has 80 valence electrons. The van der Waals surface area contributed by atoms with Crippen LogP contribution in [0.2, 0.25) is 0 Å². The Bertz CT molecular complexity index is 364. The Morgan fingerprint density at radius 1 is 1.33 bits per heavy atom. The minimum Gasteiger partial charge on any atom is -0.305 e. The first-order chi connectivity index (χ1) is 7.29. The molecule has 1 atom stereocenters. The normalized spacial score (nSPS) is 11.5. The molecule has 1 rings (SSSR count). The van der Waals surface area contributed by atoms with Gasteiger partial charge in [-0.05, 0) is 12.1 Å².